The van der Waals surface area contributed by atoms with Crippen molar-refractivity contribution in [2.45, 2.75) is 4.90 Å². The lowest BCUT2D eigenvalue weighted by atomic mass is 10.2. The van der Waals surface area contributed by atoms with Gasteiger partial charge in [-0.2, -0.15) is 5.26 Å². The van der Waals surface area contributed by atoms with Crippen molar-refractivity contribution in [3.05, 3.63) is 65.9 Å². The molecule has 3 rings (SSSR count). The van der Waals surface area contributed by atoms with Gasteiger partial charge in [-0.15, -0.1) is 4.83 Å². The van der Waals surface area contributed by atoms with Gasteiger partial charge in [0.15, 0.2) is 0 Å². The Morgan fingerprint density at radius 3 is 2.48 bits per heavy atom. The highest BCUT2D eigenvalue weighted by Gasteiger charge is 2.18. The van der Waals surface area contributed by atoms with Crippen LogP contribution in [0.2, 0.25) is 0 Å². The largest absolute Gasteiger partial charge is 0.350 e. The van der Waals surface area contributed by atoms with E-state index in [1.807, 2.05) is 18.2 Å². The van der Waals surface area contributed by atoms with E-state index in [-0.39, 0.29) is 4.90 Å². The Labute approximate surface area is 144 Å². The van der Waals surface area contributed by atoms with Gasteiger partial charge in [0.2, 0.25) is 0 Å². The summed E-state index contributed by atoms with van der Waals surface area (Å²) in [5.74, 6) is -0.561. The molecule has 0 bridgehead atoms. The molecule has 2 N–H and O–H groups in total. The highest BCUT2D eigenvalue weighted by molar-refractivity contribution is 7.89. The Morgan fingerprint density at radius 1 is 1.12 bits per heavy atom. The number of nitriles is 1. The molecule has 0 aliphatic heterocycles. The van der Waals surface area contributed by atoms with E-state index < -0.39 is 15.9 Å². The zero-order valence-corrected chi connectivity index (χ0v) is 14.0. The lowest BCUT2D eigenvalue weighted by Gasteiger charge is -2.08. The summed E-state index contributed by atoms with van der Waals surface area (Å²) in [5, 5.41) is 9.47. The standard InChI is InChI=1S/C17H14N4O3S/c1-21-11-15(14-4-2-3-5-16(14)21)17(22)19-20-25(23,24)13-8-6-12(10-18)7-9-13/h2-9,11,20H,1H3,(H,19,22). The van der Waals surface area contributed by atoms with E-state index >= 15 is 0 Å². The summed E-state index contributed by atoms with van der Waals surface area (Å²) >= 11 is 0. The highest BCUT2D eigenvalue weighted by Crippen LogP contribution is 2.20. The van der Waals surface area contributed by atoms with E-state index in [0.29, 0.717) is 11.1 Å². The number of para-hydroxylation sites is 1. The summed E-state index contributed by atoms with van der Waals surface area (Å²) in [6.07, 6.45) is 1.63. The summed E-state index contributed by atoms with van der Waals surface area (Å²) in [7, 11) is -2.13. The minimum Gasteiger partial charge on any atom is -0.350 e. The van der Waals surface area contributed by atoms with Crippen molar-refractivity contribution in [1.82, 2.24) is 14.8 Å². The van der Waals surface area contributed by atoms with Crippen molar-refractivity contribution >= 4 is 26.8 Å². The molecule has 0 aliphatic rings. The average molecular weight is 354 g/mol. The summed E-state index contributed by atoms with van der Waals surface area (Å²) in [4.78, 5) is 14.4. The number of sulfonamides is 1. The number of rotatable bonds is 4. The van der Waals surface area contributed by atoms with Gasteiger partial charge in [-0.05, 0) is 30.3 Å². The van der Waals surface area contributed by atoms with Crippen LogP contribution in [0.5, 0.6) is 0 Å². The minimum absolute atomic E-state index is 0.0512. The maximum Gasteiger partial charge on any atom is 0.268 e. The van der Waals surface area contributed by atoms with Crippen molar-refractivity contribution in [3.8, 4) is 6.07 Å². The smallest absolute Gasteiger partial charge is 0.268 e. The topological polar surface area (TPSA) is 104 Å². The minimum atomic E-state index is -3.93. The van der Waals surface area contributed by atoms with Crippen LogP contribution in [0.1, 0.15) is 15.9 Å². The number of carbonyl (C=O) groups excluding carboxylic acids is 1. The van der Waals surface area contributed by atoms with Crippen LogP contribution in [-0.2, 0) is 17.1 Å². The van der Waals surface area contributed by atoms with Gasteiger partial charge in [-0.1, -0.05) is 18.2 Å². The summed E-state index contributed by atoms with van der Waals surface area (Å²) in [6, 6.07) is 14.6. The molecular weight excluding hydrogens is 340 g/mol. The number of carbonyl (C=O) groups is 1. The number of aryl methyl sites for hydroxylation is 1. The first kappa shape index (κ1) is 16.7. The molecule has 0 fully saturated rings. The fourth-order valence-electron chi connectivity index (χ4n) is 2.47. The van der Waals surface area contributed by atoms with E-state index in [2.05, 4.69) is 10.3 Å². The third kappa shape index (κ3) is 3.24. The van der Waals surface area contributed by atoms with Crippen LogP contribution in [-0.4, -0.2) is 18.9 Å². The number of nitrogens with zero attached hydrogens (tertiary/aromatic N) is 2. The molecule has 1 amide bonds. The van der Waals surface area contributed by atoms with Gasteiger partial charge >= 0.3 is 0 Å². The van der Waals surface area contributed by atoms with Gasteiger partial charge in [0, 0.05) is 24.1 Å². The van der Waals surface area contributed by atoms with Gasteiger partial charge in [0.05, 0.1) is 22.1 Å². The predicted molar refractivity (Wildman–Crippen MR) is 91.9 cm³/mol. The summed E-state index contributed by atoms with van der Waals surface area (Å²) < 4.78 is 26.2. The predicted octanol–water partition coefficient (Wildman–Crippen LogP) is 1.67. The molecule has 0 saturated carbocycles. The molecule has 0 aliphatic carbocycles. The molecule has 1 heterocycles. The second-order valence-corrected chi connectivity index (χ2v) is 7.05. The second kappa shape index (κ2) is 6.39. The second-order valence-electron chi connectivity index (χ2n) is 5.37. The van der Waals surface area contributed by atoms with Crippen molar-refractivity contribution < 1.29 is 13.2 Å². The fraction of sp³-hybridized carbons (Fsp3) is 0.0588. The van der Waals surface area contributed by atoms with E-state index in [0.717, 1.165) is 10.9 Å². The van der Waals surface area contributed by atoms with Crippen LogP contribution in [0.15, 0.2) is 59.6 Å². The van der Waals surface area contributed by atoms with Crippen LogP contribution in [0.3, 0.4) is 0 Å². The molecule has 126 valence electrons. The molecule has 0 radical (unpaired) electrons. The van der Waals surface area contributed by atoms with E-state index in [9.17, 15) is 13.2 Å². The fourth-order valence-corrected chi connectivity index (χ4v) is 3.31. The average Bonchev–Trinajstić information content (AvgIpc) is 2.97. The molecule has 8 heteroatoms. The van der Waals surface area contributed by atoms with Crippen LogP contribution < -0.4 is 10.3 Å². The molecule has 2 aromatic carbocycles. The van der Waals surface area contributed by atoms with Gasteiger partial charge < -0.3 is 4.57 Å². The van der Waals surface area contributed by atoms with Crippen LogP contribution in [0.25, 0.3) is 10.9 Å². The number of fused-ring (bicyclic) bond motifs is 1. The van der Waals surface area contributed by atoms with Gasteiger partial charge in [0.25, 0.3) is 15.9 Å². The zero-order valence-electron chi connectivity index (χ0n) is 13.2. The van der Waals surface area contributed by atoms with E-state index in [1.54, 1.807) is 29.9 Å². The first-order valence-electron chi connectivity index (χ1n) is 7.29. The monoisotopic (exact) mass is 354 g/mol. The number of benzene rings is 2. The Kier molecular flexibility index (Phi) is 4.27. The maximum atomic E-state index is 12.4. The summed E-state index contributed by atoms with van der Waals surface area (Å²) in [6.45, 7) is 0. The quantitative estimate of drug-likeness (QED) is 0.696. The zero-order chi connectivity index (χ0) is 18.0. The molecule has 1 aromatic heterocycles. The van der Waals surface area contributed by atoms with Crippen LogP contribution in [0.4, 0.5) is 0 Å². The number of hydrogen-bond donors (Lipinski definition) is 2. The highest BCUT2D eigenvalue weighted by atomic mass is 32.2. The van der Waals surface area contributed by atoms with Gasteiger partial charge in [0.1, 0.15) is 0 Å². The van der Waals surface area contributed by atoms with E-state index in [4.69, 9.17) is 5.26 Å². The van der Waals surface area contributed by atoms with Crippen molar-refractivity contribution in [1.29, 1.82) is 5.26 Å². The lowest BCUT2D eigenvalue weighted by molar-refractivity contribution is 0.0946. The molecule has 7 nitrogen and oxygen atoms in total. The van der Waals surface area contributed by atoms with Gasteiger partial charge in [-0.25, -0.2) is 8.42 Å². The van der Waals surface area contributed by atoms with Crippen molar-refractivity contribution in [3.63, 3.8) is 0 Å². The number of aromatic nitrogens is 1. The molecule has 0 unspecified atom stereocenters. The summed E-state index contributed by atoms with van der Waals surface area (Å²) in [5.41, 5.74) is 3.79. The SMILES string of the molecule is Cn1cc(C(=O)NNS(=O)(=O)c2ccc(C#N)cc2)c2ccccc21. The Hall–Kier alpha value is -3.15. The number of amides is 1. The van der Waals surface area contributed by atoms with Crippen LogP contribution >= 0.6 is 0 Å². The third-order valence-electron chi connectivity index (χ3n) is 3.73. The number of nitrogens with one attached hydrogen (secondary N) is 2. The molecule has 0 saturated heterocycles. The van der Waals surface area contributed by atoms with Gasteiger partial charge in [-0.3, -0.25) is 10.2 Å². The molecule has 3 aromatic rings. The molecular formula is C17H14N4O3S. The van der Waals surface area contributed by atoms with E-state index in [1.165, 1.54) is 24.3 Å². The first-order valence-corrected chi connectivity index (χ1v) is 8.77. The van der Waals surface area contributed by atoms with Crippen molar-refractivity contribution in [2.75, 3.05) is 0 Å². The maximum absolute atomic E-state index is 12.4. The Bertz CT molecular complexity index is 1090. The van der Waals surface area contributed by atoms with Crippen LogP contribution in [0, 0.1) is 11.3 Å². The molecule has 25 heavy (non-hydrogen) atoms. The Balaban J connectivity index is 1.80. The Morgan fingerprint density at radius 2 is 1.80 bits per heavy atom. The third-order valence-corrected chi connectivity index (χ3v) is 5.00. The number of hydrazine groups is 1. The molecule has 0 atom stereocenters. The normalized spacial score (nSPS) is 11.2. The first-order chi connectivity index (χ1) is 11.9. The van der Waals surface area contributed by atoms with Crippen molar-refractivity contribution in [2.24, 2.45) is 7.05 Å². The number of hydrogen-bond acceptors (Lipinski definition) is 4. The lowest BCUT2D eigenvalue weighted by Crippen LogP contribution is -2.41. The molecule has 0 spiro atoms.